The van der Waals surface area contributed by atoms with E-state index in [2.05, 4.69) is 34.1 Å². The Morgan fingerprint density at radius 3 is 2.55 bits per heavy atom. The summed E-state index contributed by atoms with van der Waals surface area (Å²) in [6, 6.07) is 17.4. The number of carbonyl (C=O) groups is 1. The normalized spacial score (nSPS) is 20.7. The molecule has 4 nitrogen and oxygen atoms in total. The maximum Gasteiger partial charge on any atom is 0.227 e. The third-order valence-electron chi connectivity index (χ3n) is 7.12. The number of ether oxygens (including phenoxy) is 1. The van der Waals surface area contributed by atoms with Gasteiger partial charge in [0.05, 0.1) is 7.11 Å². The van der Waals surface area contributed by atoms with Crippen LogP contribution in [0.3, 0.4) is 0 Å². The van der Waals surface area contributed by atoms with Crippen molar-refractivity contribution < 1.29 is 9.53 Å². The van der Waals surface area contributed by atoms with E-state index in [1.807, 2.05) is 24.3 Å². The predicted molar refractivity (Wildman–Crippen MR) is 116 cm³/mol. The molecule has 2 aromatic carbocycles. The molecule has 0 radical (unpaired) electrons. The molecule has 5 rings (SSSR count). The lowest BCUT2D eigenvalue weighted by Gasteiger charge is -2.40. The van der Waals surface area contributed by atoms with E-state index < -0.39 is 0 Å². The summed E-state index contributed by atoms with van der Waals surface area (Å²) in [4.78, 5) is 17.9. The molecule has 2 fully saturated rings. The van der Waals surface area contributed by atoms with Gasteiger partial charge in [-0.2, -0.15) is 0 Å². The lowest BCUT2D eigenvalue weighted by Crippen LogP contribution is -2.46. The van der Waals surface area contributed by atoms with Gasteiger partial charge in [0.25, 0.3) is 0 Å². The number of benzene rings is 2. The van der Waals surface area contributed by atoms with Crippen molar-refractivity contribution in [3.8, 4) is 5.75 Å². The van der Waals surface area contributed by atoms with E-state index in [-0.39, 0.29) is 11.3 Å². The van der Waals surface area contributed by atoms with Gasteiger partial charge in [-0.3, -0.25) is 4.79 Å². The molecule has 1 amide bonds. The number of methoxy groups -OCH3 is 1. The van der Waals surface area contributed by atoms with Gasteiger partial charge in [-0.05, 0) is 74.5 Å². The standard InChI is InChI=1S/C25H30N2O2/c1-29-21-10-11-23-22(17-21)25(13-15-26(16-14-25)20-8-9-20)18-27(23)24(28)12-7-19-5-3-2-4-6-19/h2-6,10-11,17,20H,7-9,12-16,18H2,1H3. The van der Waals surface area contributed by atoms with Gasteiger partial charge in [0, 0.05) is 30.1 Å². The van der Waals surface area contributed by atoms with Crippen molar-refractivity contribution in [2.24, 2.45) is 0 Å². The van der Waals surface area contributed by atoms with E-state index in [0.29, 0.717) is 6.42 Å². The van der Waals surface area contributed by atoms with E-state index in [1.165, 1.54) is 24.0 Å². The van der Waals surface area contributed by atoms with Crippen LogP contribution in [0.25, 0.3) is 0 Å². The number of nitrogens with zero attached hydrogens (tertiary/aromatic N) is 2. The van der Waals surface area contributed by atoms with Crippen molar-refractivity contribution in [2.45, 2.75) is 50.0 Å². The zero-order valence-corrected chi connectivity index (χ0v) is 17.3. The van der Waals surface area contributed by atoms with E-state index in [1.54, 1.807) is 7.11 Å². The van der Waals surface area contributed by atoms with E-state index in [9.17, 15) is 4.79 Å². The van der Waals surface area contributed by atoms with Crippen molar-refractivity contribution in [1.82, 2.24) is 4.90 Å². The monoisotopic (exact) mass is 390 g/mol. The maximum atomic E-state index is 13.2. The fraction of sp³-hybridized carbons (Fsp3) is 0.480. The second kappa shape index (κ2) is 7.49. The third-order valence-corrected chi connectivity index (χ3v) is 7.12. The Labute approximate surface area is 173 Å². The Balaban J connectivity index is 1.37. The lowest BCUT2D eigenvalue weighted by atomic mass is 9.74. The van der Waals surface area contributed by atoms with Crippen LogP contribution in [0.2, 0.25) is 0 Å². The van der Waals surface area contributed by atoms with Gasteiger partial charge in [0.2, 0.25) is 5.91 Å². The van der Waals surface area contributed by atoms with Gasteiger partial charge in [0.15, 0.2) is 0 Å². The number of hydrogen-bond donors (Lipinski definition) is 0. The SMILES string of the molecule is COc1ccc2c(c1)C1(CCN(C3CC3)CC1)CN2C(=O)CCc1ccccc1. The number of fused-ring (bicyclic) bond motifs is 2. The average molecular weight is 391 g/mol. The van der Waals surface area contributed by atoms with Crippen molar-refractivity contribution in [2.75, 3.05) is 31.6 Å². The molecule has 3 aliphatic rings. The first-order chi connectivity index (χ1) is 14.2. The first-order valence-electron chi connectivity index (χ1n) is 11.0. The van der Waals surface area contributed by atoms with Gasteiger partial charge in [-0.15, -0.1) is 0 Å². The zero-order valence-electron chi connectivity index (χ0n) is 17.3. The Morgan fingerprint density at radius 1 is 1.10 bits per heavy atom. The van der Waals surface area contributed by atoms with Gasteiger partial charge in [0.1, 0.15) is 5.75 Å². The van der Waals surface area contributed by atoms with Gasteiger partial charge >= 0.3 is 0 Å². The van der Waals surface area contributed by atoms with Crippen LogP contribution in [0.5, 0.6) is 5.75 Å². The maximum absolute atomic E-state index is 13.2. The number of rotatable bonds is 5. The van der Waals surface area contributed by atoms with Crippen LogP contribution in [0.4, 0.5) is 5.69 Å². The lowest BCUT2D eigenvalue weighted by molar-refractivity contribution is -0.118. The fourth-order valence-electron chi connectivity index (χ4n) is 5.21. The van der Waals surface area contributed by atoms with Gasteiger partial charge in [-0.25, -0.2) is 0 Å². The highest BCUT2D eigenvalue weighted by Gasteiger charge is 2.47. The number of piperidine rings is 1. The summed E-state index contributed by atoms with van der Waals surface area (Å²) >= 11 is 0. The largest absolute Gasteiger partial charge is 0.497 e. The van der Waals surface area contributed by atoms with Crippen LogP contribution < -0.4 is 9.64 Å². The molecule has 1 saturated heterocycles. The number of amides is 1. The summed E-state index contributed by atoms with van der Waals surface area (Å²) in [7, 11) is 1.72. The molecule has 2 aliphatic heterocycles. The fourth-order valence-corrected chi connectivity index (χ4v) is 5.21. The summed E-state index contributed by atoms with van der Waals surface area (Å²) in [5, 5.41) is 0. The van der Waals surface area contributed by atoms with E-state index >= 15 is 0 Å². The molecule has 0 N–H and O–H groups in total. The molecule has 1 spiro atoms. The number of aryl methyl sites for hydroxylation is 1. The first kappa shape index (κ1) is 18.7. The highest BCUT2D eigenvalue weighted by molar-refractivity contribution is 5.96. The second-order valence-electron chi connectivity index (χ2n) is 8.90. The van der Waals surface area contributed by atoms with Gasteiger partial charge < -0.3 is 14.5 Å². The second-order valence-corrected chi connectivity index (χ2v) is 8.90. The number of hydrogen-bond acceptors (Lipinski definition) is 3. The van der Waals surface area contributed by atoms with Crippen LogP contribution in [-0.2, 0) is 16.6 Å². The highest BCUT2D eigenvalue weighted by Crippen LogP contribution is 2.49. The van der Waals surface area contributed by atoms with Crippen LogP contribution in [-0.4, -0.2) is 43.6 Å². The molecule has 0 bridgehead atoms. The molecule has 152 valence electrons. The topological polar surface area (TPSA) is 32.8 Å². The number of carbonyl (C=O) groups excluding carboxylic acids is 1. The molecule has 2 aromatic rings. The molecule has 0 aromatic heterocycles. The van der Waals surface area contributed by atoms with E-state index in [4.69, 9.17) is 4.74 Å². The molecule has 4 heteroatoms. The van der Waals surface area contributed by atoms with Crippen molar-refractivity contribution in [3.63, 3.8) is 0 Å². The highest BCUT2D eigenvalue weighted by atomic mass is 16.5. The summed E-state index contributed by atoms with van der Waals surface area (Å²) in [6.07, 6.45) is 6.34. The van der Waals surface area contributed by atoms with Crippen LogP contribution >= 0.6 is 0 Å². The Morgan fingerprint density at radius 2 is 1.86 bits per heavy atom. The van der Waals surface area contributed by atoms with Crippen molar-refractivity contribution in [3.05, 3.63) is 59.7 Å². The number of likely N-dealkylation sites (tertiary alicyclic amines) is 1. The van der Waals surface area contributed by atoms with E-state index in [0.717, 1.165) is 56.4 Å². The first-order valence-corrected chi connectivity index (χ1v) is 11.0. The molecule has 29 heavy (non-hydrogen) atoms. The molecule has 1 aliphatic carbocycles. The zero-order chi connectivity index (χ0) is 19.8. The van der Waals surface area contributed by atoms with Crippen LogP contribution in [0.15, 0.2) is 48.5 Å². The average Bonchev–Trinajstić information content (AvgIpc) is 3.57. The van der Waals surface area contributed by atoms with Crippen LogP contribution in [0.1, 0.15) is 43.2 Å². The summed E-state index contributed by atoms with van der Waals surface area (Å²) in [5.41, 5.74) is 3.73. The Bertz CT molecular complexity index is 883. The molecule has 1 saturated carbocycles. The Kier molecular flexibility index (Phi) is 4.83. The van der Waals surface area contributed by atoms with Crippen molar-refractivity contribution >= 4 is 11.6 Å². The molecular weight excluding hydrogens is 360 g/mol. The number of anilines is 1. The summed E-state index contributed by atoms with van der Waals surface area (Å²) < 4.78 is 5.53. The minimum Gasteiger partial charge on any atom is -0.497 e. The summed E-state index contributed by atoms with van der Waals surface area (Å²) in [5.74, 6) is 1.13. The molecule has 2 heterocycles. The smallest absolute Gasteiger partial charge is 0.227 e. The quantitative estimate of drug-likeness (QED) is 0.768. The molecule has 0 unspecified atom stereocenters. The molecule has 0 atom stereocenters. The van der Waals surface area contributed by atoms with Gasteiger partial charge in [-0.1, -0.05) is 30.3 Å². The summed E-state index contributed by atoms with van der Waals surface area (Å²) in [6.45, 7) is 3.11. The minimum atomic E-state index is 0.0810. The molecular formula is C25H30N2O2. The minimum absolute atomic E-state index is 0.0810. The Hall–Kier alpha value is -2.33. The third kappa shape index (κ3) is 3.55. The van der Waals surface area contributed by atoms with Crippen molar-refractivity contribution in [1.29, 1.82) is 0 Å². The van der Waals surface area contributed by atoms with Crippen LogP contribution in [0, 0.1) is 0 Å². The predicted octanol–water partition coefficient (Wildman–Crippen LogP) is 4.17.